The number of H-pyrrole nitrogens is 1. The maximum Gasteiger partial charge on any atom is 0.231 e. The highest BCUT2D eigenvalue weighted by Gasteiger charge is 2.53. The number of carbonyl (C=O) groups excluding carboxylic acids is 1. The number of nitrogens with one attached hydrogen (secondary N) is 1. The normalized spacial score (nSPS) is 20.3. The van der Waals surface area contributed by atoms with Gasteiger partial charge in [-0.25, -0.2) is 4.98 Å². The molecule has 5 rings (SSSR count). The first kappa shape index (κ1) is 16.1. The average Bonchev–Trinajstić information content (AvgIpc) is 3.06. The molecule has 138 valence electrons. The second-order valence-electron chi connectivity index (χ2n) is 7.58. The number of imidazole rings is 1. The number of hydrogen-bond acceptors (Lipinski definition) is 4. The van der Waals surface area contributed by atoms with Crippen LogP contribution in [0.15, 0.2) is 49.1 Å². The molecule has 0 bridgehead atoms. The van der Waals surface area contributed by atoms with Crippen molar-refractivity contribution in [2.75, 3.05) is 6.54 Å². The summed E-state index contributed by atoms with van der Waals surface area (Å²) in [6.07, 6.45) is 7.14. The number of phenols is 1. The fraction of sp³-hybridized carbons (Fsp3) is 0.350. The third-order valence-corrected chi connectivity index (χ3v) is 5.72. The van der Waals surface area contributed by atoms with E-state index in [0.29, 0.717) is 19.6 Å². The monoisotopic (exact) mass is 363 g/mol. The van der Waals surface area contributed by atoms with E-state index in [2.05, 4.69) is 15.1 Å². The van der Waals surface area contributed by atoms with Gasteiger partial charge < -0.3 is 15.0 Å². The molecule has 1 amide bonds. The molecular weight excluding hydrogens is 342 g/mol. The van der Waals surface area contributed by atoms with Crippen LogP contribution in [0, 0.1) is 5.41 Å². The molecule has 3 heterocycles. The van der Waals surface area contributed by atoms with Crippen LogP contribution < -0.4 is 0 Å². The minimum atomic E-state index is -0.340. The molecule has 1 unspecified atom stereocenters. The van der Waals surface area contributed by atoms with Crippen LogP contribution in [-0.2, 0) is 17.9 Å². The van der Waals surface area contributed by atoms with E-state index in [-0.39, 0.29) is 23.0 Å². The highest BCUT2D eigenvalue weighted by Crippen LogP contribution is 2.49. The van der Waals surface area contributed by atoms with E-state index in [1.54, 1.807) is 24.7 Å². The van der Waals surface area contributed by atoms with Gasteiger partial charge in [-0.3, -0.25) is 9.48 Å². The van der Waals surface area contributed by atoms with E-state index in [0.717, 1.165) is 29.8 Å². The Balaban J connectivity index is 1.44. The van der Waals surface area contributed by atoms with Crippen LogP contribution in [-0.4, -0.2) is 42.2 Å². The van der Waals surface area contributed by atoms with E-state index in [1.165, 1.54) is 0 Å². The summed E-state index contributed by atoms with van der Waals surface area (Å²) in [5, 5.41) is 14.2. The molecule has 0 saturated heterocycles. The summed E-state index contributed by atoms with van der Waals surface area (Å²) < 4.78 is 1.85. The Morgan fingerprint density at radius 1 is 1.33 bits per heavy atom. The summed E-state index contributed by atoms with van der Waals surface area (Å²) >= 11 is 0. The highest BCUT2D eigenvalue weighted by molar-refractivity contribution is 5.85. The first-order valence-electron chi connectivity index (χ1n) is 9.22. The van der Waals surface area contributed by atoms with Crippen LogP contribution in [0.5, 0.6) is 5.75 Å². The summed E-state index contributed by atoms with van der Waals surface area (Å²) in [5.74, 6) is 0.366. The lowest BCUT2D eigenvalue weighted by Gasteiger charge is -2.34. The van der Waals surface area contributed by atoms with Crippen molar-refractivity contribution < 1.29 is 9.90 Å². The van der Waals surface area contributed by atoms with E-state index in [9.17, 15) is 9.90 Å². The predicted molar refractivity (Wildman–Crippen MR) is 97.8 cm³/mol. The Morgan fingerprint density at radius 2 is 2.22 bits per heavy atom. The van der Waals surface area contributed by atoms with Gasteiger partial charge in [-0.2, -0.15) is 5.10 Å². The van der Waals surface area contributed by atoms with Crippen molar-refractivity contribution >= 4 is 5.91 Å². The van der Waals surface area contributed by atoms with Crippen LogP contribution in [0.3, 0.4) is 0 Å². The molecule has 1 aliphatic heterocycles. The number of nitrogens with zero attached hydrogens (tertiary/aromatic N) is 4. The fourth-order valence-electron chi connectivity index (χ4n) is 4.11. The van der Waals surface area contributed by atoms with Gasteiger partial charge in [0.25, 0.3) is 0 Å². The minimum absolute atomic E-state index is 0.0449. The molecule has 7 nitrogen and oxygen atoms in total. The maximum absolute atomic E-state index is 13.4. The largest absolute Gasteiger partial charge is 0.508 e. The van der Waals surface area contributed by atoms with Gasteiger partial charge in [0, 0.05) is 24.9 Å². The van der Waals surface area contributed by atoms with Gasteiger partial charge in [-0.15, -0.1) is 0 Å². The number of aromatic nitrogens is 4. The van der Waals surface area contributed by atoms with E-state index < -0.39 is 0 Å². The molecule has 2 aliphatic rings. The molecule has 1 atom stereocenters. The smallest absolute Gasteiger partial charge is 0.231 e. The Bertz CT molecular complexity index is 974. The van der Waals surface area contributed by atoms with Crippen molar-refractivity contribution in [3.63, 3.8) is 0 Å². The summed E-state index contributed by atoms with van der Waals surface area (Å²) in [6, 6.07) is 9.11. The summed E-state index contributed by atoms with van der Waals surface area (Å²) in [6.45, 7) is 1.74. The number of phenolic OH excluding ortho intramolecular Hbond substituents is 1. The molecule has 7 heteroatoms. The van der Waals surface area contributed by atoms with E-state index in [4.69, 9.17) is 0 Å². The Hall–Kier alpha value is -3.09. The number of carbonyl (C=O) groups is 1. The molecule has 0 radical (unpaired) electrons. The zero-order chi connectivity index (χ0) is 18.4. The number of rotatable bonds is 4. The molecule has 1 fully saturated rings. The third kappa shape index (κ3) is 2.79. The number of hydrogen-bond donors (Lipinski definition) is 2. The molecular formula is C20H21N5O2. The van der Waals surface area contributed by atoms with E-state index >= 15 is 0 Å². The molecule has 3 aromatic rings. The standard InChI is InChI=1S/C20H21N5O2/c26-15-4-1-3-14(9-15)16-10-24(11-17-18(16)22-13-21-17)19(27)20(5-6-20)12-25-8-2-7-23-25/h1-4,7-9,13,16,26H,5-6,10-12H2,(H,21,22). The number of aromatic hydroxyl groups is 1. The van der Waals surface area contributed by atoms with Crippen molar-refractivity contribution in [2.24, 2.45) is 5.41 Å². The van der Waals surface area contributed by atoms with Gasteiger partial charge in [-0.1, -0.05) is 12.1 Å². The van der Waals surface area contributed by atoms with Crippen LogP contribution in [0.2, 0.25) is 0 Å². The Kier molecular flexibility index (Phi) is 3.56. The SMILES string of the molecule is O=C(N1Cc2[nH]cnc2C(c2cccc(O)c2)C1)C1(Cn2cccn2)CC1. The predicted octanol–water partition coefficient (Wildman–Crippen LogP) is 2.27. The van der Waals surface area contributed by atoms with Crippen molar-refractivity contribution in [3.05, 3.63) is 66.0 Å². The van der Waals surface area contributed by atoms with Crippen LogP contribution in [0.1, 0.15) is 35.7 Å². The first-order valence-corrected chi connectivity index (χ1v) is 9.22. The zero-order valence-corrected chi connectivity index (χ0v) is 14.9. The molecule has 1 aromatic carbocycles. The molecule has 1 aliphatic carbocycles. The first-order chi connectivity index (χ1) is 13.1. The third-order valence-electron chi connectivity index (χ3n) is 5.72. The zero-order valence-electron chi connectivity index (χ0n) is 14.9. The highest BCUT2D eigenvalue weighted by atomic mass is 16.3. The van der Waals surface area contributed by atoms with Gasteiger partial charge in [0.05, 0.1) is 36.2 Å². The molecule has 0 spiro atoms. The van der Waals surface area contributed by atoms with Crippen molar-refractivity contribution in [1.29, 1.82) is 0 Å². The van der Waals surface area contributed by atoms with Crippen molar-refractivity contribution in [3.8, 4) is 5.75 Å². The number of benzene rings is 1. The second-order valence-corrected chi connectivity index (χ2v) is 7.58. The number of fused-ring (bicyclic) bond motifs is 1. The molecule has 2 N–H and O–H groups in total. The lowest BCUT2D eigenvalue weighted by molar-refractivity contribution is -0.139. The van der Waals surface area contributed by atoms with Crippen molar-refractivity contribution in [1.82, 2.24) is 24.6 Å². The van der Waals surface area contributed by atoms with Crippen molar-refractivity contribution in [2.45, 2.75) is 31.8 Å². The van der Waals surface area contributed by atoms with E-state index in [1.807, 2.05) is 34.0 Å². The number of amides is 1. The number of aromatic amines is 1. The molecule has 2 aromatic heterocycles. The van der Waals surface area contributed by atoms with Gasteiger partial charge in [0.2, 0.25) is 5.91 Å². The molecule has 1 saturated carbocycles. The average molecular weight is 363 g/mol. The second kappa shape index (κ2) is 5.97. The Labute approximate surface area is 156 Å². The quantitative estimate of drug-likeness (QED) is 0.744. The maximum atomic E-state index is 13.4. The van der Waals surface area contributed by atoms with Crippen LogP contribution in [0.25, 0.3) is 0 Å². The summed E-state index contributed by atoms with van der Waals surface area (Å²) in [5.41, 5.74) is 2.56. The molecule has 27 heavy (non-hydrogen) atoms. The summed E-state index contributed by atoms with van der Waals surface area (Å²) in [4.78, 5) is 23.0. The Morgan fingerprint density at radius 3 is 2.96 bits per heavy atom. The fourth-order valence-corrected chi connectivity index (χ4v) is 4.11. The van der Waals surface area contributed by atoms with Gasteiger partial charge in [0.1, 0.15) is 5.75 Å². The lowest BCUT2D eigenvalue weighted by Crippen LogP contribution is -2.43. The lowest BCUT2D eigenvalue weighted by atomic mass is 9.89. The van der Waals surface area contributed by atoms with Crippen LogP contribution in [0.4, 0.5) is 0 Å². The van der Waals surface area contributed by atoms with Gasteiger partial charge in [-0.05, 0) is 36.6 Å². The summed E-state index contributed by atoms with van der Waals surface area (Å²) in [7, 11) is 0. The van der Waals surface area contributed by atoms with Gasteiger partial charge >= 0.3 is 0 Å². The van der Waals surface area contributed by atoms with Gasteiger partial charge in [0.15, 0.2) is 0 Å². The minimum Gasteiger partial charge on any atom is -0.508 e. The van der Waals surface area contributed by atoms with Crippen LogP contribution >= 0.6 is 0 Å². The topological polar surface area (TPSA) is 87.0 Å².